The number of rotatable bonds is 2. The summed E-state index contributed by atoms with van der Waals surface area (Å²) in [5, 5.41) is 3.70. The molecule has 0 bridgehead atoms. The monoisotopic (exact) mass is 259 g/mol. The quantitative estimate of drug-likeness (QED) is 0.900. The number of pyridine rings is 2. The van der Waals surface area contributed by atoms with Crippen molar-refractivity contribution in [1.82, 2.24) is 15.3 Å². The minimum absolute atomic E-state index is 0.366. The number of ether oxygens (including phenoxy) is 1. The van der Waals surface area contributed by atoms with Crippen LogP contribution >= 0.6 is 0 Å². The number of fused-ring (bicyclic) bond motifs is 1. The van der Waals surface area contributed by atoms with E-state index in [-0.39, 0.29) is 0 Å². The molecule has 1 amide bonds. The summed E-state index contributed by atoms with van der Waals surface area (Å²) in [7, 11) is 0. The van der Waals surface area contributed by atoms with Gasteiger partial charge in [0.05, 0.1) is 11.7 Å². The number of nitrogens with one attached hydrogen (secondary N) is 1. The average Bonchev–Trinajstić information content (AvgIpc) is 2.34. The molecule has 0 aromatic carbocycles. The van der Waals surface area contributed by atoms with Crippen molar-refractivity contribution in [1.29, 1.82) is 0 Å². The number of aromatic nitrogens is 2. The Labute approximate surface area is 112 Å². The van der Waals surface area contributed by atoms with Crippen molar-refractivity contribution in [3.8, 4) is 0 Å². The van der Waals surface area contributed by atoms with E-state index in [0.29, 0.717) is 6.54 Å². The normalized spacial score (nSPS) is 11.3. The number of nitrogens with zero attached hydrogens (tertiary/aromatic N) is 2. The van der Waals surface area contributed by atoms with Crippen LogP contribution in [-0.2, 0) is 11.3 Å². The second-order valence-corrected chi connectivity index (χ2v) is 5.22. The van der Waals surface area contributed by atoms with Crippen molar-refractivity contribution in [2.75, 3.05) is 0 Å². The lowest BCUT2D eigenvalue weighted by atomic mass is 10.1. The Morgan fingerprint density at radius 3 is 2.89 bits per heavy atom. The molecule has 100 valence electrons. The molecule has 2 heterocycles. The lowest BCUT2D eigenvalue weighted by Crippen LogP contribution is -2.32. The Balaban J connectivity index is 2.08. The standard InChI is InChI=1S/C14H17N3O2/c1-14(2,3)19-13(18)17-8-10-7-15-9-12-11(10)5-4-6-16-12/h4-7,9H,8H2,1-3H3,(H,17,18). The Bertz CT molecular complexity index is 585. The van der Waals surface area contributed by atoms with E-state index in [1.54, 1.807) is 18.6 Å². The molecule has 0 saturated carbocycles. The van der Waals surface area contributed by atoms with E-state index in [0.717, 1.165) is 16.5 Å². The van der Waals surface area contributed by atoms with Gasteiger partial charge in [-0.2, -0.15) is 0 Å². The molecule has 0 unspecified atom stereocenters. The highest BCUT2D eigenvalue weighted by atomic mass is 16.6. The maximum absolute atomic E-state index is 11.6. The summed E-state index contributed by atoms with van der Waals surface area (Å²) < 4.78 is 5.19. The fourth-order valence-corrected chi connectivity index (χ4v) is 1.68. The molecule has 0 spiro atoms. The van der Waals surface area contributed by atoms with Crippen LogP contribution in [0.2, 0.25) is 0 Å². The van der Waals surface area contributed by atoms with Gasteiger partial charge in [0.2, 0.25) is 0 Å². The van der Waals surface area contributed by atoms with Crippen LogP contribution in [0.1, 0.15) is 26.3 Å². The molecule has 0 radical (unpaired) electrons. The molecular formula is C14H17N3O2. The van der Waals surface area contributed by atoms with Gasteiger partial charge in [0.15, 0.2) is 0 Å². The van der Waals surface area contributed by atoms with Crippen molar-refractivity contribution in [2.24, 2.45) is 0 Å². The number of amides is 1. The van der Waals surface area contributed by atoms with Gasteiger partial charge in [-0.1, -0.05) is 6.07 Å². The van der Waals surface area contributed by atoms with E-state index in [9.17, 15) is 4.79 Å². The first-order valence-electron chi connectivity index (χ1n) is 6.10. The predicted molar refractivity (Wildman–Crippen MR) is 72.6 cm³/mol. The smallest absolute Gasteiger partial charge is 0.407 e. The van der Waals surface area contributed by atoms with Gasteiger partial charge in [0.25, 0.3) is 0 Å². The lowest BCUT2D eigenvalue weighted by molar-refractivity contribution is 0.0524. The highest BCUT2D eigenvalue weighted by Gasteiger charge is 2.15. The number of hydrogen-bond acceptors (Lipinski definition) is 4. The largest absolute Gasteiger partial charge is 0.444 e. The van der Waals surface area contributed by atoms with E-state index in [2.05, 4.69) is 15.3 Å². The predicted octanol–water partition coefficient (Wildman–Crippen LogP) is 2.65. The first-order valence-corrected chi connectivity index (χ1v) is 6.10. The van der Waals surface area contributed by atoms with Gasteiger partial charge in [-0.25, -0.2) is 4.79 Å². The second-order valence-electron chi connectivity index (χ2n) is 5.22. The molecule has 2 rings (SSSR count). The zero-order chi connectivity index (χ0) is 13.9. The number of carbonyl (C=O) groups is 1. The van der Waals surface area contributed by atoms with Crippen LogP contribution in [0.5, 0.6) is 0 Å². The summed E-state index contributed by atoms with van der Waals surface area (Å²) in [5.41, 5.74) is 1.23. The summed E-state index contributed by atoms with van der Waals surface area (Å²) in [6.07, 6.45) is 4.70. The van der Waals surface area contributed by atoms with Crippen LogP contribution < -0.4 is 5.32 Å². The molecule has 5 nitrogen and oxygen atoms in total. The summed E-state index contributed by atoms with van der Waals surface area (Å²) in [6, 6.07) is 3.81. The van der Waals surface area contributed by atoms with Crippen molar-refractivity contribution >= 4 is 17.0 Å². The molecule has 0 aliphatic rings. The van der Waals surface area contributed by atoms with Gasteiger partial charge in [0.1, 0.15) is 5.60 Å². The Hall–Kier alpha value is -2.17. The SMILES string of the molecule is CC(C)(C)OC(=O)NCc1cncc2ncccc12. The lowest BCUT2D eigenvalue weighted by Gasteiger charge is -2.19. The van der Waals surface area contributed by atoms with Gasteiger partial charge in [-0.05, 0) is 32.4 Å². The van der Waals surface area contributed by atoms with Crippen LogP contribution in [0.3, 0.4) is 0 Å². The van der Waals surface area contributed by atoms with E-state index >= 15 is 0 Å². The molecule has 0 fully saturated rings. The fourth-order valence-electron chi connectivity index (χ4n) is 1.68. The molecule has 0 aliphatic carbocycles. The van der Waals surface area contributed by atoms with Crippen molar-refractivity contribution < 1.29 is 9.53 Å². The molecular weight excluding hydrogens is 242 g/mol. The number of carbonyl (C=O) groups excluding carboxylic acids is 1. The third-order valence-electron chi connectivity index (χ3n) is 2.43. The van der Waals surface area contributed by atoms with E-state index in [4.69, 9.17) is 4.74 Å². The average molecular weight is 259 g/mol. The summed E-state index contributed by atoms with van der Waals surface area (Å²) in [5.74, 6) is 0. The van der Waals surface area contributed by atoms with Crippen LogP contribution in [0, 0.1) is 0 Å². The molecule has 2 aromatic rings. The molecule has 2 aromatic heterocycles. The Morgan fingerprint density at radius 1 is 1.37 bits per heavy atom. The van der Waals surface area contributed by atoms with Crippen molar-refractivity contribution in [3.05, 3.63) is 36.3 Å². The van der Waals surface area contributed by atoms with Crippen molar-refractivity contribution in [2.45, 2.75) is 32.9 Å². The zero-order valence-electron chi connectivity index (χ0n) is 11.3. The van der Waals surface area contributed by atoms with Crippen LogP contribution in [0.15, 0.2) is 30.7 Å². The summed E-state index contributed by atoms with van der Waals surface area (Å²) in [6.45, 7) is 5.85. The van der Waals surface area contributed by atoms with Gasteiger partial charge in [-0.15, -0.1) is 0 Å². The minimum Gasteiger partial charge on any atom is -0.444 e. The second kappa shape index (κ2) is 5.22. The van der Waals surface area contributed by atoms with Gasteiger partial charge in [0, 0.05) is 24.3 Å². The van der Waals surface area contributed by atoms with E-state index < -0.39 is 11.7 Å². The Kier molecular flexibility index (Phi) is 3.64. The maximum atomic E-state index is 11.6. The fraction of sp³-hybridized carbons (Fsp3) is 0.357. The van der Waals surface area contributed by atoms with E-state index in [1.807, 2.05) is 32.9 Å². The summed E-state index contributed by atoms with van der Waals surface area (Å²) in [4.78, 5) is 19.9. The van der Waals surface area contributed by atoms with Crippen LogP contribution in [0.25, 0.3) is 10.9 Å². The third kappa shape index (κ3) is 3.64. The summed E-state index contributed by atoms with van der Waals surface area (Å²) >= 11 is 0. The van der Waals surface area contributed by atoms with Gasteiger partial charge >= 0.3 is 6.09 Å². The van der Waals surface area contributed by atoms with Gasteiger partial charge in [-0.3, -0.25) is 9.97 Å². The zero-order valence-corrected chi connectivity index (χ0v) is 11.3. The van der Waals surface area contributed by atoms with E-state index in [1.165, 1.54) is 0 Å². The molecule has 19 heavy (non-hydrogen) atoms. The van der Waals surface area contributed by atoms with Crippen LogP contribution in [-0.4, -0.2) is 21.7 Å². The van der Waals surface area contributed by atoms with Crippen molar-refractivity contribution in [3.63, 3.8) is 0 Å². The highest BCUT2D eigenvalue weighted by molar-refractivity contribution is 5.81. The molecule has 0 atom stereocenters. The topological polar surface area (TPSA) is 64.1 Å². The minimum atomic E-state index is -0.497. The number of hydrogen-bond donors (Lipinski definition) is 1. The highest BCUT2D eigenvalue weighted by Crippen LogP contribution is 2.14. The molecule has 0 aliphatic heterocycles. The molecule has 0 saturated heterocycles. The molecule has 1 N–H and O–H groups in total. The van der Waals surface area contributed by atoms with Crippen LogP contribution in [0.4, 0.5) is 4.79 Å². The first kappa shape index (κ1) is 13.3. The number of alkyl carbamates (subject to hydrolysis) is 1. The maximum Gasteiger partial charge on any atom is 0.407 e. The Morgan fingerprint density at radius 2 is 2.16 bits per heavy atom. The third-order valence-corrected chi connectivity index (χ3v) is 2.43. The first-order chi connectivity index (χ1) is 8.96. The molecule has 5 heteroatoms. The van der Waals surface area contributed by atoms with Gasteiger partial charge < -0.3 is 10.1 Å².